The molecule has 12 heteroatoms. The van der Waals surface area contributed by atoms with Crippen LogP contribution in [-0.2, 0) is 37.0 Å². The van der Waals surface area contributed by atoms with Gasteiger partial charge >= 0.3 is 17.9 Å². The molecular weight excluding hydrogens is 516 g/mol. The molecule has 1 amide bonds. The number of hydrogen-bond acceptors (Lipinski definition) is 8. The van der Waals surface area contributed by atoms with Crippen LogP contribution in [0, 0.1) is 0 Å². The van der Waals surface area contributed by atoms with E-state index in [0.29, 0.717) is 6.61 Å². The molecule has 11 nitrogen and oxygen atoms in total. The van der Waals surface area contributed by atoms with Crippen LogP contribution in [0.3, 0.4) is 0 Å². The van der Waals surface area contributed by atoms with Gasteiger partial charge in [0.05, 0.1) is 18.9 Å². The average molecular weight is 551 g/mol. The molecule has 2 heterocycles. The van der Waals surface area contributed by atoms with E-state index in [-0.39, 0.29) is 11.9 Å². The Bertz CT molecular complexity index is 1020. The van der Waals surface area contributed by atoms with Gasteiger partial charge in [-0.15, -0.1) is 11.3 Å². The predicted octanol–water partition coefficient (Wildman–Crippen LogP) is 2.49. The van der Waals surface area contributed by atoms with Crippen molar-refractivity contribution >= 4 is 35.2 Å². The van der Waals surface area contributed by atoms with E-state index in [1.165, 1.54) is 4.88 Å². The summed E-state index contributed by atoms with van der Waals surface area (Å²) in [4.78, 5) is 52.3. The molecule has 0 unspecified atom stereocenters. The Kier molecular flexibility index (Phi) is 12.3. The number of carbonyl (C=O) groups excluding carboxylic acids is 1. The first-order valence-corrected chi connectivity index (χ1v) is 13.0. The van der Waals surface area contributed by atoms with Gasteiger partial charge in [-0.2, -0.15) is 0 Å². The smallest absolute Gasteiger partial charge is 0.336 e. The molecule has 4 N–H and O–H groups in total. The summed E-state index contributed by atoms with van der Waals surface area (Å²) in [6.07, 6.45) is 0.768. The van der Waals surface area contributed by atoms with Crippen LogP contribution in [0.1, 0.15) is 43.0 Å². The van der Waals surface area contributed by atoms with Crippen molar-refractivity contribution in [1.82, 2.24) is 9.96 Å². The predicted molar refractivity (Wildman–Crippen MR) is 138 cm³/mol. The van der Waals surface area contributed by atoms with Crippen molar-refractivity contribution in [2.75, 3.05) is 19.6 Å². The third-order valence-electron chi connectivity index (χ3n) is 5.95. The van der Waals surface area contributed by atoms with Gasteiger partial charge in [-0.25, -0.2) is 9.86 Å². The molecule has 0 bridgehead atoms. The van der Waals surface area contributed by atoms with Gasteiger partial charge in [0.2, 0.25) is 5.91 Å². The molecule has 0 atom stereocenters. The number of hydroxylamine groups is 2. The number of nitrogens with zero attached hydrogens (tertiary/aromatic N) is 2. The monoisotopic (exact) mass is 550 g/mol. The van der Waals surface area contributed by atoms with E-state index in [0.717, 1.165) is 44.5 Å². The largest absolute Gasteiger partial charge is 0.481 e. The SMILES string of the molecule is CC(=O)N(OCc1ccccc1)C1CCN(CCc2cccs2)CC1.O=C(O)CC(O)(CC(=O)O)C(=O)O. The van der Waals surface area contributed by atoms with Crippen LogP contribution < -0.4 is 0 Å². The lowest BCUT2D eigenvalue weighted by molar-refractivity contribution is -0.208. The van der Waals surface area contributed by atoms with Crippen molar-refractivity contribution in [2.24, 2.45) is 0 Å². The van der Waals surface area contributed by atoms with Crippen molar-refractivity contribution in [3.63, 3.8) is 0 Å². The average Bonchev–Trinajstić information content (AvgIpc) is 3.37. The molecule has 0 spiro atoms. The van der Waals surface area contributed by atoms with Crippen LogP contribution in [-0.4, -0.2) is 85.5 Å². The van der Waals surface area contributed by atoms with Crippen LogP contribution in [0.15, 0.2) is 47.8 Å². The summed E-state index contributed by atoms with van der Waals surface area (Å²) >= 11 is 1.83. The first-order valence-electron chi connectivity index (χ1n) is 12.1. The molecule has 1 saturated heterocycles. The van der Waals surface area contributed by atoms with Crippen molar-refractivity contribution in [3.05, 3.63) is 58.3 Å². The molecule has 208 valence electrons. The van der Waals surface area contributed by atoms with Gasteiger partial charge in [0, 0.05) is 31.4 Å². The zero-order valence-electron chi connectivity index (χ0n) is 21.2. The minimum atomic E-state index is -2.74. The number of hydrogen-bond donors (Lipinski definition) is 4. The summed E-state index contributed by atoms with van der Waals surface area (Å²) in [6.45, 7) is 5.17. The van der Waals surface area contributed by atoms with Crippen LogP contribution in [0.4, 0.5) is 0 Å². The maximum Gasteiger partial charge on any atom is 0.336 e. The van der Waals surface area contributed by atoms with Crippen LogP contribution in [0.2, 0.25) is 0 Å². The minimum Gasteiger partial charge on any atom is -0.481 e. The second-order valence-corrected chi connectivity index (χ2v) is 10.0. The molecular formula is C26H34N2O9S. The number of amides is 1. The number of piperidine rings is 1. The molecule has 38 heavy (non-hydrogen) atoms. The summed E-state index contributed by atoms with van der Waals surface area (Å²) in [5.74, 6) is -5.03. The highest BCUT2D eigenvalue weighted by Gasteiger charge is 2.40. The Morgan fingerprint density at radius 1 is 1.00 bits per heavy atom. The topological polar surface area (TPSA) is 165 Å². The molecule has 2 aromatic rings. The number of aliphatic carboxylic acids is 3. The number of likely N-dealkylation sites (tertiary alicyclic amines) is 1. The molecule has 3 rings (SSSR count). The van der Waals surface area contributed by atoms with E-state index in [1.807, 2.05) is 41.7 Å². The fourth-order valence-corrected chi connectivity index (χ4v) is 4.68. The number of carboxylic acid groups (broad SMARTS) is 3. The molecule has 1 fully saturated rings. The maximum absolute atomic E-state index is 12.0. The Labute approximate surface area is 224 Å². The third kappa shape index (κ3) is 10.6. The van der Waals surface area contributed by atoms with Gasteiger partial charge in [-0.3, -0.25) is 19.2 Å². The van der Waals surface area contributed by atoms with Gasteiger partial charge in [0.25, 0.3) is 0 Å². The number of aliphatic hydroxyl groups is 1. The Hall–Kier alpha value is -3.32. The summed E-state index contributed by atoms with van der Waals surface area (Å²) in [5.41, 5.74) is -1.65. The van der Waals surface area contributed by atoms with Crippen molar-refractivity contribution in [2.45, 2.75) is 57.3 Å². The lowest BCUT2D eigenvalue weighted by atomic mass is 9.96. The van der Waals surface area contributed by atoms with E-state index in [1.54, 1.807) is 12.0 Å². The van der Waals surface area contributed by atoms with Crippen LogP contribution in [0.25, 0.3) is 0 Å². The molecule has 1 aromatic heterocycles. The first-order chi connectivity index (χ1) is 18.0. The van der Waals surface area contributed by atoms with E-state index in [4.69, 9.17) is 25.3 Å². The van der Waals surface area contributed by atoms with Gasteiger partial charge in [-0.05, 0) is 36.3 Å². The number of thiophene rings is 1. The normalized spacial score (nSPS) is 14.3. The fraction of sp³-hybridized carbons (Fsp3) is 0.462. The van der Waals surface area contributed by atoms with Crippen LogP contribution >= 0.6 is 11.3 Å². The van der Waals surface area contributed by atoms with Gasteiger partial charge in [-0.1, -0.05) is 36.4 Å². The lowest BCUT2D eigenvalue weighted by Gasteiger charge is -2.37. The fourth-order valence-electron chi connectivity index (χ4n) is 3.99. The second-order valence-electron chi connectivity index (χ2n) is 8.98. The number of carbonyl (C=O) groups is 4. The van der Waals surface area contributed by atoms with Gasteiger partial charge in [0.1, 0.15) is 6.61 Å². The molecule has 0 radical (unpaired) electrons. The van der Waals surface area contributed by atoms with Crippen molar-refractivity contribution in [3.8, 4) is 0 Å². The maximum atomic E-state index is 12.0. The summed E-state index contributed by atoms with van der Waals surface area (Å²) in [6, 6.07) is 14.5. The van der Waals surface area contributed by atoms with Crippen molar-refractivity contribution < 1.29 is 44.4 Å². The Balaban J connectivity index is 0.000000332. The van der Waals surface area contributed by atoms with Crippen LogP contribution in [0.5, 0.6) is 0 Å². The third-order valence-corrected chi connectivity index (χ3v) is 6.89. The molecule has 0 saturated carbocycles. The minimum absolute atomic E-state index is 0.00651. The zero-order valence-corrected chi connectivity index (χ0v) is 22.0. The molecule has 1 aliphatic heterocycles. The van der Waals surface area contributed by atoms with Crippen molar-refractivity contribution in [1.29, 1.82) is 0 Å². The van der Waals surface area contributed by atoms with E-state index < -0.39 is 36.4 Å². The van der Waals surface area contributed by atoms with E-state index in [9.17, 15) is 19.2 Å². The molecule has 1 aliphatic rings. The quantitative estimate of drug-likeness (QED) is 0.289. The molecule has 1 aromatic carbocycles. The van der Waals surface area contributed by atoms with E-state index >= 15 is 0 Å². The summed E-state index contributed by atoms with van der Waals surface area (Å²) in [7, 11) is 0. The second kappa shape index (κ2) is 15.2. The summed E-state index contributed by atoms with van der Waals surface area (Å²) < 4.78 is 0. The van der Waals surface area contributed by atoms with Gasteiger partial charge < -0.3 is 25.3 Å². The van der Waals surface area contributed by atoms with Gasteiger partial charge in [0.15, 0.2) is 5.60 Å². The number of benzene rings is 1. The first kappa shape index (κ1) is 30.9. The van der Waals surface area contributed by atoms with E-state index in [2.05, 4.69) is 22.4 Å². The highest BCUT2D eigenvalue weighted by molar-refractivity contribution is 7.09. The summed E-state index contributed by atoms with van der Waals surface area (Å²) in [5, 5.41) is 37.5. The highest BCUT2D eigenvalue weighted by Crippen LogP contribution is 2.20. The zero-order chi connectivity index (χ0) is 28.1. The standard InChI is InChI=1S/C20H26N2O2S.C6H8O7/c1-17(23)22(24-16-18-6-3-2-4-7-18)19-9-12-21(13-10-19)14-11-20-8-5-15-25-20;7-3(8)1-6(13,5(11)12)2-4(9)10/h2-8,15,19H,9-14,16H2,1H3;13H,1-2H2,(H,7,8)(H,9,10)(H,11,12). The molecule has 0 aliphatic carbocycles. The Morgan fingerprint density at radius 2 is 1.61 bits per heavy atom. The number of rotatable bonds is 12. The highest BCUT2D eigenvalue weighted by atomic mass is 32.1. The lowest BCUT2D eigenvalue weighted by Crippen LogP contribution is -2.47. The Morgan fingerprint density at radius 3 is 2.08 bits per heavy atom. The number of carboxylic acids is 3.